The molecule has 0 saturated heterocycles. The largest absolute Gasteiger partial charge is 0.378 e. The lowest BCUT2D eigenvalue weighted by molar-refractivity contribution is 0.0683. The second-order valence-electron chi connectivity index (χ2n) is 12.7. The molecule has 1 amide bonds. The number of fused-ring (bicyclic) bond motifs is 2. The van der Waals surface area contributed by atoms with E-state index in [9.17, 15) is 4.79 Å². The highest BCUT2D eigenvalue weighted by Gasteiger charge is 2.44. The number of benzene rings is 4. The SMILES string of the molecule is CN(C)c1ccc(/C=C2\CCC[C@H]3C2=NN(C(=O)c2cc(-c4ccccc4)nc4ccccc24)[C@H]3c2ccc(N(C)C)cc2)cc1. The number of allylic oxidation sites excluding steroid dienone is 1. The average molecular weight is 606 g/mol. The van der Waals surface area contributed by atoms with Crippen LogP contribution in [-0.4, -0.2) is 49.8 Å². The molecule has 2 aliphatic rings. The van der Waals surface area contributed by atoms with E-state index in [2.05, 4.69) is 78.5 Å². The second-order valence-corrected chi connectivity index (χ2v) is 12.7. The van der Waals surface area contributed by atoms with Crippen LogP contribution >= 0.6 is 0 Å². The Morgan fingerprint density at radius 1 is 0.804 bits per heavy atom. The fourth-order valence-electron chi connectivity index (χ4n) is 6.77. The molecule has 0 spiro atoms. The van der Waals surface area contributed by atoms with E-state index in [1.54, 1.807) is 5.01 Å². The molecule has 0 radical (unpaired) electrons. The molecule has 0 bridgehead atoms. The summed E-state index contributed by atoms with van der Waals surface area (Å²) in [6, 6.07) is 36.9. The predicted octanol–water partition coefficient (Wildman–Crippen LogP) is 8.47. The van der Waals surface area contributed by atoms with Crippen molar-refractivity contribution in [1.29, 1.82) is 0 Å². The predicted molar refractivity (Wildman–Crippen MR) is 190 cm³/mol. The highest BCUT2D eigenvalue weighted by molar-refractivity contribution is 6.12. The van der Waals surface area contributed by atoms with E-state index in [1.807, 2.05) is 74.8 Å². The zero-order chi connectivity index (χ0) is 31.8. The molecule has 5 aromatic rings. The number of para-hydroxylation sites is 1. The van der Waals surface area contributed by atoms with E-state index in [0.29, 0.717) is 5.56 Å². The van der Waals surface area contributed by atoms with E-state index < -0.39 is 0 Å². The summed E-state index contributed by atoms with van der Waals surface area (Å²) >= 11 is 0. The number of amides is 1. The lowest BCUT2D eigenvalue weighted by atomic mass is 9.77. The van der Waals surface area contributed by atoms with Crippen molar-refractivity contribution in [3.63, 3.8) is 0 Å². The van der Waals surface area contributed by atoms with Gasteiger partial charge in [-0.25, -0.2) is 9.99 Å². The molecule has 0 unspecified atom stereocenters. The van der Waals surface area contributed by atoms with Gasteiger partial charge in [0.2, 0.25) is 0 Å². The summed E-state index contributed by atoms with van der Waals surface area (Å²) in [5.41, 5.74) is 9.94. The number of anilines is 2. The molecule has 1 aliphatic heterocycles. The molecular weight excluding hydrogens is 566 g/mol. The number of rotatable bonds is 6. The Kier molecular flexibility index (Phi) is 7.87. The molecule has 1 saturated carbocycles. The normalized spacial score (nSPS) is 18.4. The Hall–Kier alpha value is -5.23. The maximum absolute atomic E-state index is 14.9. The van der Waals surface area contributed by atoms with Crippen LogP contribution < -0.4 is 9.80 Å². The second kappa shape index (κ2) is 12.3. The molecule has 4 aromatic carbocycles. The molecule has 1 aromatic heterocycles. The van der Waals surface area contributed by atoms with Crippen LogP contribution in [0, 0.1) is 5.92 Å². The summed E-state index contributed by atoms with van der Waals surface area (Å²) in [6.45, 7) is 0. The van der Waals surface area contributed by atoms with Crippen LogP contribution in [0.1, 0.15) is 46.8 Å². The van der Waals surface area contributed by atoms with Crippen molar-refractivity contribution in [2.75, 3.05) is 38.0 Å². The van der Waals surface area contributed by atoms with Crippen molar-refractivity contribution in [2.45, 2.75) is 25.3 Å². The van der Waals surface area contributed by atoms with Gasteiger partial charge in [-0.15, -0.1) is 0 Å². The third-order valence-electron chi connectivity index (χ3n) is 9.23. The van der Waals surface area contributed by atoms with Crippen LogP contribution in [0.3, 0.4) is 0 Å². The van der Waals surface area contributed by atoms with Crippen molar-refractivity contribution < 1.29 is 4.79 Å². The average Bonchev–Trinajstić information content (AvgIpc) is 3.49. The lowest BCUT2D eigenvalue weighted by Gasteiger charge is -2.30. The van der Waals surface area contributed by atoms with E-state index in [0.717, 1.165) is 63.9 Å². The maximum Gasteiger partial charge on any atom is 0.275 e. The molecule has 6 heteroatoms. The van der Waals surface area contributed by atoms with Gasteiger partial charge in [-0.3, -0.25) is 4.79 Å². The molecule has 0 N–H and O–H groups in total. The van der Waals surface area contributed by atoms with Crippen LogP contribution in [0.5, 0.6) is 0 Å². The summed E-state index contributed by atoms with van der Waals surface area (Å²) in [6.07, 6.45) is 5.23. The Balaban J connectivity index is 1.35. The van der Waals surface area contributed by atoms with Crippen LogP contribution in [0.15, 0.2) is 120 Å². The molecule has 6 nitrogen and oxygen atoms in total. The third-order valence-corrected chi connectivity index (χ3v) is 9.23. The van der Waals surface area contributed by atoms with Crippen molar-refractivity contribution in [3.8, 4) is 11.3 Å². The maximum atomic E-state index is 14.9. The standard InChI is InChI=1S/C40H39N5O/c1-43(2)31-21-17-27(18-22-31)25-30-13-10-15-34-38(30)42-45(39(34)29-19-23-32(24-20-29)44(3)4)40(46)35-26-37(28-11-6-5-7-12-28)41-36-16-9-8-14-33(35)36/h5-9,11-12,14,16-26,34,39H,10,13,15H2,1-4H3/b30-25+/t34-,39-/m0/s1. The number of hydrogen-bond acceptors (Lipinski definition) is 5. The summed E-state index contributed by atoms with van der Waals surface area (Å²) in [4.78, 5) is 24.0. The van der Waals surface area contributed by atoms with Crippen LogP contribution in [0.2, 0.25) is 0 Å². The first kappa shape index (κ1) is 29.5. The number of aromatic nitrogens is 1. The van der Waals surface area contributed by atoms with Gasteiger partial charge in [0.1, 0.15) is 0 Å². The number of hydrogen-bond donors (Lipinski definition) is 0. The fourth-order valence-corrected chi connectivity index (χ4v) is 6.77. The van der Waals surface area contributed by atoms with Crippen molar-refractivity contribution in [1.82, 2.24) is 9.99 Å². The molecule has 46 heavy (non-hydrogen) atoms. The van der Waals surface area contributed by atoms with Gasteiger partial charge in [-0.1, -0.05) is 72.8 Å². The molecule has 230 valence electrons. The summed E-state index contributed by atoms with van der Waals surface area (Å²) in [5, 5.41) is 7.83. The van der Waals surface area contributed by atoms with Gasteiger partial charge in [0, 0.05) is 56.4 Å². The van der Waals surface area contributed by atoms with Crippen LogP contribution in [-0.2, 0) is 0 Å². The summed E-state index contributed by atoms with van der Waals surface area (Å²) in [5.74, 6) is 0.00551. The van der Waals surface area contributed by atoms with Gasteiger partial charge in [-0.05, 0) is 78.4 Å². The van der Waals surface area contributed by atoms with Gasteiger partial charge < -0.3 is 9.80 Å². The topological polar surface area (TPSA) is 52.0 Å². The van der Waals surface area contributed by atoms with E-state index in [4.69, 9.17) is 10.1 Å². The summed E-state index contributed by atoms with van der Waals surface area (Å²) < 4.78 is 0. The monoisotopic (exact) mass is 605 g/mol. The van der Waals surface area contributed by atoms with Crippen molar-refractivity contribution in [3.05, 3.63) is 131 Å². The Bertz CT molecular complexity index is 1940. The minimum absolute atomic E-state index is 0.103. The van der Waals surface area contributed by atoms with E-state index >= 15 is 0 Å². The minimum Gasteiger partial charge on any atom is -0.378 e. The number of hydrazone groups is 1. The number of nitrogens with zero attached hydrogens (tertiary/aromatic N) is 5. The number of carbonyl (C=O) groups is 1. The van der Waals surface area contributed by atoms with Gasteiger partial charge in [-0.2, -0.15) is 5.10 Å². The van der Waals surface area contributed by atoms with Gasteiger partial charge in [0.05, 0.1) is 28.5 Å². The highest BCUT2D eigenvalue weighted by Crippen LogP contribution is 2.45. The Labute approximate surface area is 271 Å². The first-order valence-corrected chi connectivity index (χ1v) is 16.0. The quantitative estimate of drug-likeness (QED) is 0.195. The molecule has 2 heterocycles. The van der Waals surface area contributed by atoms with Crippen LogP contribution in [0.4, 0.5) is 11.4 Å². The third kappa shape index (κ3) is 5.56. The van der Waals surface area contributed by atoms with Gasteiger partial charge in [0.15, 0.2) is 0 Å². The van der Waals surface area contributed by atoms with E-state index in [1.165, 1.54) is 11.3 Å². The number of carbonyl (C=O) groups excluding carboxylic acids is 1. The van der Waals surface area contributed by atoms with Crippen molar-refractivity contribution in [2.24, 2.45) is 11.0 Å². The molecule has 2 atom stereocenters. The van der Waals surface area contributed by atoms with E-state index in [-0.39, 0.29) is 17.9 Å². The Morgan fingerprint density at radius 2 is 1.46 bits per heavy atom. The minimum atomic E-state index is -0.203. The zero-order valence-corrected chi connectivity index (χ0v) is 26.9. The number of pyridine rings is 1. The van der Waals surface area contributed by atoms with Gasteiger partial charge in [0.25, 0.3) is 5.91 Å². The smallest absolute Gasteiger partial charge is 0.275 e. The lowest BCUT2D eigenvalue weighted by Crippen LogP contribution is -2.32. The first-order chi connectivity index (χ1) is 22.4. The molecule has 1 aliphatic carbocycles. The molecule has 1 fully saturated rings. The Morgan fingerprint density at radius 3 is 2.15 bits per heavy atom. The molecule has 7 rings (SSSR count). The summed E-state index contributed by atoms with van der Waals surface area (Å²) in [7, 11) is 8.20. The van der Waals surface area contributed by atoms with Gasteiger partial charge >= 0.3 is 0 Å². The zero-order valence-electron chi connectivity index (χ0n) is 26.9. The highest BCUT2D eigenvalue weighted by atomic mass is 16.2. The first-order valence-electron chi connectivity index (χ1n) is 16.0. The molecular formula is C40H39N5O. The van der Waals surface area contributed by atoms with Crippen LogP contribution in [0.25, 0.3) is 28.2 Å². The fraction of sp³-hybridized carbons (Fsp3) is 0.225. The van der Waals surface area contributed by atoms with Crippen molar-refractivity contribution >= 4 is 40.0 Å².